The lowest BCUT2D eigenvalue weighted by molar-refractivity contribution is -0.150. The lowest BCUT2D eigenvalue weighted by atomic mass is 9.77. The first-order valence-electron chi connectivity index (χ1n) is 5.87. The van der Waals surface area contributed by atoms with Crippen molar-refractivity contribution in [1.29, 1.82) is 0 Å². The van der Waals surface area contributed by atoms with Gasteiger partial charge < -0.3 is 14.6 Å². The van der Waals surface area contributed by atoms with E-state index in [-0.39, 0.29) is 18.0 Å². The second-order valence-corrected chi connectivity index (χ2v) is 4.89. The number of benzene rings is 1. The number of aliphatic hydroxyl groups excluding tert-OH is 1. The van der Waals surface area contributed by atoms with E-state index in [9.17, 15) is 9.90 Å². The van der Waals surface area contributed by atoms with Gasteiger partial charge in [-0.25, -0.2) is 0 Å². The minimum absolute atomic E-state index is 0.0428. The third-order valence-electron chi connectivity index (χ3n) is 3.97. The van der Waals surface area contributed by atoms with Crippen molar-refractivity contribution in [2.24, 2.45) is 0 Å². The molecule has 1 aromatic rings. The molecule has 0 bridgehead atoms. The van der Waals surface area contributed by atoms with Gasteiger partial charge in [-0.3, -0.25) is 4.79 Å². The number of rotatable bonds is 0. The smallest absolute Gasteiger partial charge is 0.194 e. The number of ketones is 1. The van der Waals surface area contributed by atoms with Crippen molar-refractivity contribution in [2.75, 3.05) is 0 Å². The quantitative estimate of drug-likeness (QED) is 0.677. The first kappa shape index (κ1) is 9.76. The Morgan fingerprint density at radius 2 is 2.18 bits per heavy atom. The second-order valence-electron chi connectivity index (χ2n) is 4.89. The molecule has 4 atom stereocenters. The molecular weight excluding hydrogens is 220 g/mol. The molecule has 3 aliphatic rings. The van der Waals surface area contributed by atoms with Crippen LogP contribution >= 0.6 is 0 Å². The molecule has 0 radical (unpaired) electrons. The Balaban J connectivity index is 1.92. The molecule has 2 fully saturated rings. The van der Waals surface area contributed by atoms with Crippen molar-refractivity contribution >= 4 is 5.78 Å². The highest BCUT2D eigenvalue weighted by Crippen LogP contribution is 2.54. The van der Waals surface area contributed by atoms with Crippen molar-refractivity contribution in [2.45, 2.75) is 36.9 Å². The van der Waals surface area contributed by atoms with E-state index in [2.05, 4.69) is 0 Å². The molecule has 1 N–H and O–H groups in total. The zero-order valence-electron chi connectivity index (χ0n) is 9.13. The molecule has 2 heterocycles. The van der Waals surface area contributed by atoms with Gasteiger partial charge in [0.05, 0.1) is 0 Å². The molecule has 0 aromatic heterocycles. The molecule has 2 saturated heterocycles. The Morgan fingerprint density at radius 3 is 2.94 bits per heavy atom. The lowest BCUT2D eigenvalue weighted by Gasteiger charge is -2.31. The fourth-order valence-corrected chi connectivity index (χ4v) is 3.15. The van der Waals surface area contributed by atoms with Gasteiger partial charge in [0.15, 0.2) is 18.2 Å². The van der Waals surface area contributed by atoms with E-state index in [1.54, 1.807) is 0 Å². The van der Waals surface area contributed by atoms with Crippen LogP contribution in [-0.4, -0.2) is 29.4 Å². The molecule has 88 valence electrons. The average Bonchev–Trinajstić information content (AvgIpc) is 3.07. The molecule has 4 heteroatoms. The molecule has 17 heavy (non-hydrogen) atoms. The van der Waals surface area contributed by atoms with E-state index in [1.165, 1.54) is 0 Å². The topological polar surface area (TPSA) is 59.1 Å². The molecular formula is C13H12O4. The van der Waals surface area contributed by atoms with Crippen LogP contribution in [0, 0.1) is 0 Å². The Kier molecular flexibility index (Phi) is 1.70. The molecule has 4 rings (SSSR count). The van der Waals surface area contributed by atoms with Gasteiger partial charge in [-0.05, 0) is 12.0 Å². The number of epoxide rings is 1. The summed E-state index contributed by atoms with van der Waals surface area (Å²) in [4.78, 5) is 12.0. The van der Waals surface area contributed by atoms with E-state index in [0.717, 1.165) is 5.56 Å². The average molecular weight is 232 g/mol. The normalized spacial score (nSPS) is 42.4. The maximum atomic E-state index is 12.0. The number of aliphatic hydroxyl groups is 1. The SMILES string of the molecule is O=C1c2ccccc2[C@@]2(CCC(O)O2)[C@@H]2O[C@H]12. The Bertz CT molecular complexity index is 512. The zero-order chi connectivity index (χ0) is 11.6. The van der Waals surface area contributed by atoms with Gasteiger partial charge in [0, 0.05) is 12.0 Å². The highest BCUT2D eigenvalue weighted by atomic mass is 16.7. The highest BCUT2D eigenvalue weighted by Gasteiger charge is 2.66. The highest BCUT2D eigenvalue weighted by molar-refractivity contribution is 6.04. The van der Waals surface area contributed by atoms with Gasteiger partial charge in [0.1, 0.15) is 11.7 Å². The van der Waals surface area contributed by atoms with Crippen LogP contribution < -0.4 is 0 Å². The summed E-state index contributed by atoms with van der Waals surface area (Å²) >= 11 is 0. The fourth-order valence-electron chi connectivity index (χ4n) is 3.15. The first-order valence-corrected chi connectivity index (χ1v) is 5.87. The number of carbonyl (C=O) groups is 1. The predicted molar refractivity (Wildman–Crippen MR) is 57.4 cm³/mol. The number of fused-ring (bicyclic) bond motifs is 4. The van der Waals surface area contributed by atoms with Crippen LogP contribution in [0.25, 0.3) is 0 Å². The van der Waals surface area contributed by atoms with Gasteiger partial charge in [-0.15, -0.1) is 0 Å². The van der Waals surface area contributed by atoms with E-state index in [1.807, 2.05) is 24.3 Å². The molecule has 1 spiro atoms. The Labute approximate surface area is 98.2 Å². The number of hydrogen-bond acceptors (Lipinski definition) is 4. The van der Waals surface area contributed by atoms with Crippen molar-refractivity contribution in [3.8, 4) is 0 Å². The summed E-state index contributed by atoms with van der Waals surface area (Å²) in [7, 11) is 0. The number of ether oxygens (including phenoxy) is 2. The van der Waals surface area contributed by atoms with Gasteiger partial charge >= 0.3 is 0 Å². The van der Waals surface area contributed by atoms with E-state index >= 15 is 0 Å². The van der Waals surface area contributed by atoms with Crippen LogP contribution in [-0.2, 0) is 15.1 Å². The standard InChI is InChI=1S/C13H12O4/c14-9-5-6-13(17-9)8-4-2-1-3-7(8)10(15)11-12(13)16-11/h1-4,9,11-12,14H,5-6H2/t9?,11-,12-,13+/m1/s1. The summed E-state index contributed by atoms with van der Waals surface area (Å²) in [5.74, 6) is 0.0428. The minimum atomic E-state index is -0.749. The minimum Gasteiger partial charge on any atom is -0.368 e. The Morgan fingerprint density at radius 1 is 1.35 bits per heavy atom. The number of carbonyl (C=O) groups excluding carboxylic acids is 1. The van der Waals surface area contributed by atoms with Crippen molar-refractivity contribution in [3.05, 3.63) is 35.4 Å². The summed E-state index contributed by atoms with van der Waals surface area (Å²) in [6.07, 6.45) is -0.0206. The maximum absolute atomic E-state index is 12.0. The maximum Gasteiger partial charge on any atom is 0.194 e. The van der Waals surface area contributed by atoms with Crippen LogP contribution in [0.2, 0.25) is 0 Å². The van der Waals surface area contributed by atoms with Gasteiger partial charge in [0.2, 0.25) is 0 Å². The van der Waals surface area contributed by atoms with Crippen LogP contribution in [0.1, 0.15) is 28.8 Å². The predicted octanol–water partition coefficient (Wildman–Crippen LogP) is 0.974. The van der Waals surface area contributed by atoms with E-state index in [4.69, 9.17) is 9.47 Å². The van der Waals surface area contributed by atoms with Gasteiger partial charge in [-0.2, -0.15) is 0 Å². The van der Waals surface area contributed by atoms with Crippen LogP contribution in [0.5, 0.6) is 0 Å². The van der Waals surface area contributed by atoms with E-state index < -0.39 is 11.9 Å². The fraction of sp³-hybridized carbons (Fsp3) is 0.462. The van der Waals surface area contributed by atoms with Crippen LogP contribution in [0.4, 0.5) is 0 Å². The van der Waals surface area contributed by atoms with Crippen LogP contribution in [0.15, 0.2) is 24.3 Å². The third kappa shape index (κ3) is 1.10. The number of hydrogen-bond donors (Lipinski definition) is 1. The van der Waals surface area contributed by atoms with E-state index in [0.29, 0.717) is 18.4 Å². The first-order chi connectivity index (χ1) is 8.22. The second kappa shape index (κ2) is 2.96. The van der Waals surface area contributed by atoms with Crippen molar-refractivity contribution in [1.82, 2.24) is 0 Å². The van der Waals surface area contributed by atoms with Gasteiger partial charge in [0.25, 0.3) is 0 Å². The van der Waals surface area contributed by atoms with Crippen molar-refractivity contribution < 1.29 is 19.4 Å². The summed E-state index contributed by atoms with van der Waals surface area (Å²) in [6.45, 7) is 0. The number of Topliss-reactive ketones (excluding diaryl/α,β-unsaturated/α-hetero) is 1. The van der Waals surface area contributed by atoms with Gasteiger partial charge in [-0.1, -0.05) is 24.3 Å². The molecule has 0 amide bonds. The lowest BCUT2D eigenvalue weighted by Crippen LogP contribution is -2.40. The molecule has 1 aromatic carbocycles. The molecule has 1 aliphatic carbocycles. The monoisotopic (exact) mass is 232 g/mol. The summed E-state index contributed by atoms with van der Waals surface area (Å²) in [5.41, 5.74) is 0.954. The van der Waals surface area contributed by atoms with Crippen LogP contribution in [0.3, 0.4) is 0 Å². The Hall–Kier alpha value is -1.23. The third-order valence-corrected chi connectivity index (χ3v) is 3.97. The summed E-state index contributed by atoms with van der Waals surface area (Å²) in [5, 5.41) is 9.61. The summed E-state index contributed by atoms with van der Waals surface area (Å²) < 4.78 is 11.2. The molecule has 0 saturated carbocycles. The molecule has 1 unspecified atom stereocenters. The zero-order valence-corrected chi connectivity index (χ0v) is 9.13. The van der Waals surface area contributed by atoms with Crippen molar-refractivity contribution in [3.63, 3.8) is 0 Å². The molecule has 4 nitrogen and oxygen atoms in total. The summed E-state index contributed by atoms with van der Waals surface area (Å²) in [6, 6.07) is 7.46. The largest absolute Gasteiger partial charge is 0.368 e. The molecule has 2 aliphatic heterocycles.